The van der Waals surface area contributed by atoms with Crippen LogP contribution in [0.25, 0.3) is 0 Å². The molecule has 0 aliphatic rings. The maximum atomic E-state index is 12.5. The van der Waals surface area contributed by atoms with E-state index in [2.05, 4.69) is 10.6 Å². The number of carbonyl (C=O) groups is 2. The quantitative estimate of drug-likeness (QED) is 0.573. The predicted molar refractivity (Wildman–Crippen MR) is 92.8 cm³/mol. The molecule has 0 radical (unpaired) electrons. The number of hydrogen-bond donors (Lipinski definition) is 4. The van der Waals surface area contributed by atoms with Crippen molar-refractivity contribution in [2.45, 2.75) is 39.8 Å². The van der Waals surface area contributed by atoms with E-state index in [0.717, 1.165) is 0 Å². The first-order chi connectivity index (χ1) is 11.3. The second-order valence-corrected chi connectivity index (χ2v) is 6.56. The van der Waals surface area contributed by atoms with Crippen LogP contribution in [0.5, 0.6) is 0 Å². The average Bonchev–Trinajstić information content (AvgIpc) is 2.56. The first-order valence-electron chi connectivity index (χ1n) is 8.24. The predicted octanol–water partition coefficient (Wildman–Crippen LogP) is 1.18. The summed E-state index contributed by atoms with van der Waals surface area (Å²) in [5.74, 6) is -0.670. The van der Waals surface area contributed by atoms with E-state index in [1.165, 1.54) is 0 Å². The van der Waals surface area contributed by atoms with Crippen molar-refractivity contribution in [3.05, 3.63) is 35.4 Å². The molecule has 0 heterocycles. The molecule has 0 aliphatic heterocycles. The minimum atomic E-state index is -0.404. The summed E-state index contributed by atoms with van der Waals surface area (Å²) < 4.78 is 0. The van der Waals surface area contributed by atoms with Crippen molar-refractivity contribution in [3.63, 3.8) is 0 Å². The third kappa shape index (κ3) is 5.32. The van der Waals surface area contributed by atoms with Crippen LogP contribution in [0, 0.1) is 11.8 Å². The van der Waals surface area contributed by atoms with E-state index < -0.39 is 11.8 Å². The van der Waals surface area contributed by atoms with E-state index in [1.54, 1.807) is 24.3 Å². The summed E-state index contributed by atoms with van der Waals surface area (Å²) in [5.41, 5.74) is 0.490. The summed E-state index contributed by atoms with van der Waals surface area (Å²) in [6, 6.07) is 5.75. The molecule has 6 nitrogen and oxygen atoms in total. The maximum Gasteiger partial charge on any atom is 0.252 e. The van der Waals surface area contributed by atoms with Crippen LogP contribution < -0.4 is 10.6 Å². The van der Waals surface area contributed by atoms with E-state index in [4.69, 9.17) is 0 Å². The zero-order valence-electron chi connectivity index (χ0n) is 14.7. The van der Waals surface area contributed by atoms with Gasteiger partial charge in [0.15, 0.2) is 0 Å². The van der Waals surface area contributed by atoms with Gasteiger partial charge >= 0.3 is 0 Å². The fourth-order valence-corrected chi connectivity index (χ4v) is 2.22. The fourth-order valence-electron chi connectivity index (χ4n) is 2.22. The molecule has 134 valence electrons. The SMILES string of the molecule is CC(C)[C@H](CO)NC(=O)c1ccccc1C(=O)N[C@H](CO)C(C)C. The van der Waals surface area contributed by atoms with Crippen LogP contribution in [0.15, 0.2) is 24.3 Å². The molecular formula is C18H28N2O4. The van der Waals surface area contributed by atoms with Gasteiger partial charge < -0.3 is 20.8 Å². The summed E-state index contributed by atoms with van der Waals surface area (Å²) >= 11 is 0. The van der Waals surface area contributed by atoms with Gasteiger partial charge in [-0.1, -0.05) is 39.8 Å². The summed E-state index contributed by atoms with van der Waals surface area (Å²) in [4.78, 5) is 25.0. The fraction of sp³-hybridized carbons (Fsp3) is 0.556. The van der Waals surface area contributed by atoms with Crippen LogP contribution in [0.3, 0.4) is 0 Å². The van der Waals surface area contributed by atoms with E-state index in [-0.39, 0.29) is 48.3 Å². The van der Waals surface area contributed by atoms with Crippen LogP contribution in [0.1, 0.15) is 48.4 Å². The lowest BCUT2D eigenvalue weighted by Crippen LogP contribution is -2.43. The Morgan fingerprint density at radius 3 is 1.42 bits per heavy atom. The van der Waals surface area contributed by atoms with Gasteiger partial charge in [0.2, 0.25) is 0 Å². The summed E-state index contributed by atoms with van der Waals surface area (Å²) in [7, 11) is 0. The molecule has 2 amide bonds. The Hall–Kier alpha value is -1.92. The van der Waals surface area contributed by atoms with Crippen LogP contribution in [-0.4, -0.2) is 47.3 Å². The number of hydrogen-bond acceptors (Lipinski definition) is 4. The Balaban J connectivity index is 2.99. The first kappa shape index (κ1) is 20.1. The zero-order chi connectivity index (χ0) is 18.3. The van der Waals surface area contributed by atoms with Gasteiger partial charge in [0.25, 0.3) is 11.8 Å². The molecule has 0 aromatic heterocycles. The molecule has 0 saturated heterocycles. The molecule has 1 rings (SSSR count). The molecule has 4 N–H and O–H groups in total. The van der Waals surface area contributed by atoms with Crippen LogP contribution >= 0.6 is 0 Å². The third-order valence-electron chi connectivity index (χ3n) is 4.05. The highest BCUT2D eigenvalue weighted by molar-refractivity contribution is 6.07. The molecule has 24 heavy (non-hydrogen) atoms. The van der Waals surface area contributed by atoms with Crippen molar-refractivity contribution < 1.29 is 19.8 Å². The van der Waals surface area contributed by atoms with Crippen molar-refractivity contribution in [2.75, 3.05) is 13.2 Å². The van der Waals surface area contributed by atoms with Crippen molar-refractivity contribution in [3.8, 4) is 0 Å². The van der Waals surface area contributed by atoms with Gasteiger partial charge in [-0.3, -0.25) is 9.59 Å². The molecule has 1 aromatic carbocycles. The summed E-state index contributed by atoms with van der Waals surface area (Å²) in [5, 5.41) is 24.2. The van der Waals surface area contributed by atoms with Crippen molar-refractivity contribution in [1.82, 2.24) is 10.6 Å². The summed E-state index contributed by atoms with van der Waals surface area (Å²) in [6.45, 7) is 7.25. The van der Waals surface area contributed by atoms with Gasteiger partial charge in [0.05, 0.1) is 36.4 Å². The smallest absolute Gasteiger partial charge is 0.252 e. The van der Waals surface area contributed by atoms with Crippen LogP contribution in [0.4, 0.5) is 0 Å². The first-order valence-corrected chi connectivity index (χ1v) is 8.24. The number of aliphatic hydroxyl groups excluding tert-OH is 2. The highest BCUT2D eigenvalue weighted by Gasteiger charge is 2.23. The third-order valence-corrected chi connectivity index (χ3v) is 4.05. The number of carbonyl (C=O) groups excluding carboxylic acids is 2. The zero-order valence-corrected chi connectivity index (χ0v) is 14.7. The molecule has 0 fully saturated rings. The largest absolute Gasteiger partial charge is 0.394 e. The Kier molecular flexibility index (Phi) is 7.88. The number of aliphatic hydroxyl groups is 2. The summed E-state index contributed by atoms with van der Waals surface area (Å²) in [6.07, 6.45) is 0. The van der Waals surface area contributed by atoms with Crippen molar-refractivity contribution in [2.24, 2.45) is 11.8 Å². The van der Waals surface area contributed by atoms with Gasteiger partial charge in [-0.15, -0.1) is 0 Å². The van der Waals surface area contributed by atoms with Gasteiger partial charge in [0, 0.05) is 0 Å². The molecule has 1 aromatic rings. The van der Waals surface area contributed by atoms with E-state index in [9.17, 15) is 19.8 Å². The topological polar surface area (TPSA) is 98.7 Å². The van der Waals surface area contributed by atoms with Crippen molar-refractivity contribution >= 4 is 11.8 Å². The highest BCUT2D eigenvalue weighted by Crippen LogP contribution is 2.12. The molecule has 0 unspecified atom stereocenters. The molecule has 0 bridgehead atoms. The minimum absolute atomic E-state index is 0.0691. The Morgan fingerprint density at radius 2 is 1.17 bits per heavy atom. The van der Waals surface area contributed by atoms with Crippen molar-refractivity contribution in [1.29, 1.82) is 0 Å². The standard InChI is InChI=1S/C18H28N2O4/c1-11(2)15(9-21)19-17(23)13-7-5-6-8-14(13)18(24)20-16(10-22)12(3)4/h5-8,11-12,15-16,21-22H,9-10H2,1-4H3,(H,19,23)(H,20,24)/t15-,16+. The normalized spacial score (nSPS) is 13.7. The Morgan fingerprint density at radius 1 is 0.833 bits per heavy atom. The molecule has 0 spiro atoms. The Bertz CT molecular complexity index is 509. The second kappa shape index (κ2) is 9.39. The lowest BCUT2D eigenvalue weighted by molar-refractivity contribution is 0.0863. The van der Waals surface area contributed by atoms with E-state index in [0.29, 0.717) is 0 Å². The van der Waals surface area contributed by atoms with Crippen LogP contribution in [0.2, 0.25) is 0 Å². The van der Waals surface area contributed by atoms with Crippen LogP contribution in [-0.2, 0) is 0 Å². The number of nitrogens with one attached hydrogen (secondary N) is 2. The van der Waals surface area contributed by atoms with Gasteiger partial charge in [0.1, 0.15) is 0 Å². The molecule has 0 aliphatic carbocycles. The van der Waals surface area contributed by atoms with Gasteiger partial charge in [-0.05, 0) is 24.0 Å². The lowest BCUT2D eigenvalue weighted by Gasteiger charge is -2.22. The number of benzene rings is 1. The average molecular weight is 336 g/mol. The maximum absolute atomic E-state index is 12.5. The van der Waals surface area contributed by atoms with Gasteiger partial charge in [-0.2, -0.15) is 0 Å². The van der Waals surface area contributed by atoms with Gasteiger partial charge in [-0.25, -0.2) is 0 Å². The molecular weight excluding hydrogens is 308 g/mol. The Labute approximate surface area is 143 Å². The number of rotatable bonds is 8. The van der Waals surface area contributed by atoms with E-state index in [1.807, 2.05) is 27.7 Å². The van der Waals surface area contributed by atoms with E-state index >= 15 is 0 Å². The monoisotopic (exact) mass is 336 g/mol. The molecule has 6 heteroatoms. The molecule has 2 atom stereocenters. The molecule has 0 saturated carbocycles. The number of amides is 2. The minimum Gasteiger partial charge on any atom is -0.394 e. The highest BCUT2D eigenvalue weighted by atomic mass is 16.3. The second-order valence-electron chi connectivity index (χ2n) is 6.56. The lowest BCUT2D eigenvalue weighted by atomic mass is 10.0.